The fraction of sp³-hybridized carbons (Fsp3) is 0.571. The van der Waals surface area contributed by atoms with Crippen LogP contribution in [0.3, 0.4) is 0 Å². The highest BCUT2D eigenvalue weighted by molar-refractivity contribution is 8.00. The first kappa shape index (κ1) is 14.5. The molecule has 1 aromatic rings. The molecule has 0 radical (unpaired) electrons. The van der Waals surface area contributed by atoms with Crippen LogP contribution in [0, 0.1) is 11.7 Å². The zero-order valence-electron chi connectivity index (χ0n) is 10.9. The summed E-state index contributed by atoms with van der Waals surface area (Å²) < 4.78 is 13.0. The van der Waals surface area contributed by atoms with E-state index in [0.29, 0.717) is 5.25 Å². The molecule has 0 saturated heterocycles. The number of rotatable bonds is 7. The van der Waals surface area contributed by atoms with Crippen molar-refractivity contribution in [2.75, 3.05) is 13.1 Å². The van der Waals surface area contributed by atoms with Crippen LogP contribution in [-0.4, -0.2) is 18.3 Å². The molecule has 0 saturated carbocycles. The van der Waals surface area contributed by atoms with Gasteiger partial charge >= 0.3 is 0 Å². The Hall–Kier alpha value is -0.540. The Balaban J connectivity index is 2.23. The van der Waals surface area contributed by atoms with Crippen molar-refractivity contribution in [2.45, 2.75) is 37.3 Å². The summed E-state index contributed by atoms with van der Waals surface area (Å²) in [6, 6.07) is 6.79. The standard InChI is InChI=1S/C14H22FNS/c1-11(2)7-8-16-10-12(3)17-14-6-4-5-13(15)9-14/h4-6,9,11-12,16H,7-8,10H2,1-3H3. The van der Waals surface area contributed by atoms with Crippen LogP contribution in [0.1, 0.15) is 27.2 Å². The fourth-order valence-electron chi connectivity index (χ4n) is 1.51. The van der Waals surface area contributed by atoms with Gasteiger partial charge in [0.2, 0.25) is 0 Å². The summed E-state index contributed by atoms with van der Waals surface area (Å²) >= 11 is 1.71. The van der Waals surface area contributed by atoms with Gasteiger partial charge in [-0.25, -0.2) is 4.39 Å². The number of hydrogen-bond acceptors (Lipinski definition) is 2. The van der Waals surface area contributed by atoms with E-state index >= 15 is 0 Å². The molecular formula is C14H22FNS. The monoisotopic (exact) mass is 255 g/mol. The molecule has 3 heteroatoms. The quantitative estimate of drug-likeness (QED) is 0.585. The van der Waals surface area contributed by atoms with Crippen LogP contribution in [0.15, 0.2) is 29.2 Å². The summed E-state index contributed by atoms with van der Waals surface area (Å²) in [4.78, 5) is 1.00. The second kappa shape index (κ2) is 7.72. The average Bonchev–Trinajstić information content (AvgIpc) is 2.24. The van der Waals surface area contributed by atoms with Gasteiger partial charge in [0.05, 0.1) is 0 Å². The lowest BCUT2D eigenvalue weighted by Gasteiger charge is -2.13. The van der Waals surface area contributed by atoms with Crippen molar-refractivity contribution in [3.8, 4) is 0 Å². The number of thioether (sulfide) groups is 1. The van der Waals surface area contributed by atoms with Gasteiger partial charge in [0.25, 0.3) is 0 Å². The zero-order chi connectivity index (χ0) is 12.7. The van der Waals surface area contributed by atoms with E-state index in [0.717, 1.165) is 23.9 Å². The van der Waals surface area contributed by atoms with E-state index < -0.39 is 0 Å². The van der Waals surface area contributed by atoms with Crippen LogP contribution < -0.4 is 5.32 Å². The smallest absolute Gasteiger partial charge is 0.124 e. The molecule has 0 spiro atoms. The third-order valence-electron chi connectivity index (χ3n) is 2.46. The number of hydrogen-bond donors (Lipinski definition) is 1. The zero-order valence-corrected chi connectivity index (χ0v) is 11.7. The maximum absolute atomic E-state index is 13.0. The van der Waals surface area contributed by atoms with E-state index in [-0.39, 0.29) is 5.82 Å². The van der Waals surface area contributed by atoms with Gasteiger partial charge in [0.15, 0.2) is 0 Å². The molecule has 1 nitrogen and oxygen atoms in total. The fourth-order valence-corrected chi connectivity index (χ4v) is 2.51. The Kier molecular flexibility index (Phi) is 6.60. The number of halogens is 1. The predicted octanol–water partition coefficient (Wildman–Crippen LogP) is 3.94. The SMILES string of the molecule is CC(C)CCNCC(C)Sc1cccc(F)c1. The molecule has 1 N–H and O–H groups in total. The summed E-state index contributed by atoms with van der Waals surface area (Å²) in [7, 11) is 0. The first-order chi connectivity index (χ1) is 8.08. The lowest BCUT2D eigenvalue weighted by atomic mass is 10.1. The van der Waals surface area contributed by atoms with Crippen LogP contribution in [0.5, 0.6) is 0 Å². The van der Waals surface area contributed by atoms with Gasteiger partial charge < -0.3 is 5.32 Å². The van der Waals surface area contributed by atoms with Crippen LogP contribution in [0.25, 0.3) is 0 Å². The van der Waals surface area contributed by atoms with E-state index in [1.807, 2.05) is 6.07 Å². The molecule has 1 atom stereocenters. The van der Waals surface area contributed by atoms with E-state index in [1.165, 1.54) is 12.5 Å². The lowest BCUT2D eigenvalue weighted by molar-refractivity contribution is 0.539. The summed E-state index contributed by atoms with van der Waals surface area (Å²) in [6.45, 7) is 8.65. The molecule has 0 aliphatic rings. The average molecular weight is 255 g/mol. The molecule has 17 heavy (non-hydrogen) atoms. The molecule has 0 aliphatic heterocycles. The molecular weight excluding hydrogens is 233 g/mol. The van der Waals surface area contributed by atoms with E-state index in [9.17, 15) is 4.39 Å². The minimum Gasteiger partial charge on any atom is -0.316 e. The Labute approximate surface area is 108 Å². The van der Waals surface area contributed by atoms with Gasteiger partial charge in [0, 0.05) is 16.7 Å². The van der Waals surface area contributed by atoms with Gasteiger partial charge in [0.1, 0.15) is 5.82 Å². The number of benzene rings is 1. The Morgan fingerprint density at radius 2 is 2.06 bits per heavy atom. The van der Waals surface area contributed by atoms with Crippen molar-refractivity contribution in [1.82, 2.24) is 5.32 Å². The molecule has 96 valence electrons. The molecule has 0 aliphatic carbocycles. The van der Waals surface area contributed by atoms with Crippen molar-refractivity contribution in [1.29, 1.82) is 0 Å². The molecule has 0 fully saturated rings. The van der Waals surface area contributed by atoms with Crippen LogP contribution >= 0.6 is 11.8 Å². The third-order valence-corrected chi connectivity index (χ3v) is 3.56. The summed E-state index contributed by atoms with van der Waals surface area (Å²) in [5, 5.41) is 3.90. The van der Waals surface area contributed by atoms with Crippen molar-refractivity contribution in [3.63, 3.8) is 0 Å². The van der Waals surface area contributed by atoms with Crippen molar-refractivity contribution >= 4 is 11.8 Å². The predicted molar refractivity (Wildman–Crippen MR) is 74.0 cm³/mol. The maximum Gasteiger partial charge on any atom is 0.124 e. The van der Waals surface area contributed by atoms with Crippen LogP contribution in [0.2, 0.25) is 0 Å². The molecule has 0 bridgehead atoms. The van der Waals surface area contributed by atoms with Crippen molar-refractivity contribution < 1.29 is 4.39 Å². The largest absolute Gasteiger partial charge is 0.316 e. The summed E-state index contributed by atoms with van der Waals surface area (Å²) in [6.07, 6.45) is 1.21. The minimum absolute atomic E-state index is 0.157. The normalized spacial score (nSPS) is 13.0. The maximum atomic E-state index is 13.0. The first-order valence-electron chi connectivity index (χ1n) is 6.21. The van der Waals surface area contributed by atoms with Crippen molar-refractivity contribution in [3.05, 3.63) is 30.1 Å². The summed E-state index contributed by atoms with van der Waals surface area (Å²) in [5.41, 5.74) is 0. The van der Waals surface area contributed by atoms with Gasteiger partial charge in [-0.1, -0.05) is 26.8 Å². The Bertz CT molecular complexity index is 328. The third kappa shape index (κ3) is 6.69. The highest BCUT2D eigenvalue weighted by Gasteiger charge is 2.04. The Morgan fingerprint density at radius 3 is 2.71 bits per heavy atom. The highest BCUT2D eigenvalue weighted by atomic mass is 32.2. The molecule has 1 unspecified atom stereocenters. The summed E-state index contributed by atoms with van der Waals surface area (Å²) in [5.74, 6) is 0.587. The van der Waals surface area contributed by atoms with E-state index in [4.69, 9.17) is 0 Å². The molecule has 0 aromatic heterocycles. The molecule has 0 amide bonds. The van der Waals surface area contributed by atoms with Gasteiger partial charge in [-0.2, -0.15) is 0 Å². The van der Waals surface area contributed by atoms with E-state index in [1.54, 1.807) is 23.9 Å². The Morgan fingerprint density at radius 1 is 1.29 bits per heavy atom. The molecule has 1 rings (SSSR count). The van der Waals surface area contributed by atoms with Crippen LogP contribution in [0.4, 0.5) is 4.39 Å². The van der Waals surface area contributed by atoms with Gasteiger partial charge in [-0.05, 0) is 37.1 Å². The number of nitrogens with one attached hydrogen (secondary N) is 1. The second-order valence-electron chi connectivity index (χ2n) is 4.77. The topological polar surface area (TPSA) is 12.0 Å². The molecule has 0 heterocycles. The van der Waals surface area contributed by atoms with Gasteiger partial charge in [-0.3, -0.25) is 0 Å². The lowest BCUT2D eigenvalue weighted by Crippen LogP contribution is -2.24. The van der Waals surface area contributed by atoms with Crippen LogP contribution in [-0.2, 0) is 0 Å². The second-order valence-corrected chi connectivity index (χ2v) is 6.28. The first-order valence-corrected chi connectivity index (χ1v) is 7.09. The highest BCUT2D eigenvalue weighted by Crippen LogP contribution is 2.23. The molecule has 1 aromatic carbocycles. The van der Waals surface area contributed by atoms with Gasteiger partial charge in [-0.15, -0.1) is 11.8 Å². The van der Waals surface area contributed by atoms with Crippen molar-refractivity contribution in [2.24, 2.45) is 5.92 Å². The minimum atomic E-state index is -0.157. The van der Waals surface area contributed by atoms with E-state index in [2.05, 4.69) is 26.1 Å².